The third kappa shape index (κ3) is 3.61. The fraction of sp³-hybridized carbons (Fsp3) is 0.280. The molecule has 0 spiro atoms. The van der Waals surface area contributed by atoms with E-state index in [2.05, 4.69) is 0 Å². The Labute approximate surface area is 182 Å². The zero-order valence-electron chi connectivity index (χ0n) is 17.2. The first-order chi connectivity index (χ1) is 15.3. The second kappa shape index (κ2) is 7.65. The molecule has 0 aliphatic carbocycles. The molecule has 1 fully saturated rings. The molecule has 0 unspecified atom stereocenters. The van der Waals surface area contributed by atoms with Crippen LogP contribution in [0.15, 0.2) is 71.5 Å². The zero-order valence-corrected chi connectivity index (χ0v) is 17.2. The Morgan fingerprint density at radius 1 is 0.906 bits per heavy atom. The summed E-state index contributed by atoms with van der Waals surface area (Å²) in [5, 5.41) is 0. The van der Waals surface area contributed by atoms with Gasteiger partial charge in [-0.25, -0.2) is 0 Å². The normalized spacial score (nSPS) is 20.0. The Bertz CT molecular complexity index is 1230. The largest absolute Gasteiger partial charge is 0.416 e. The van der Waals surface area contributed by atoms with E-state index in [1.807, 2.05) is 29.2 Å². The molecule has 32 heavy (non-hydrogen) atoms. The number of hydrogen-bond donors (Lipinski definition) is 0. The lowest BCUT2D eigenvalue weighted by Crippen LogP contribution is -2.49. The number of hydrogen-bond acceptors (Lipinski definition) is 2. The van der Waals surface area contributed by atoms with Crippen LogP contribution in [0.5, 0.6) is 0 Å². The molecule has 5 rings (SSSR count). The van der Waals surface area contributed by atoms with Crippen molar-refractivity contribution in [1.82, 2.24) is 9.47 Å². The summed E-state index contributed by atoms with van der Waals surface area (Å²) in [6.07, 6.45) is -3.58. The summed E-state index contributed by atoms with van der Waals surface area (Å²) < 4.78 is 41.1. The van der Waals surface area contributed by atoms with E-state index in [9.17, 15) is 22.8 Å². The molecule has 3 aromatic rings. The fourth-order valence-electron chi connectivity index (χ4n) is 4.96. The molecule has 1 saturated heterocycles. The standard InChI is InChI=1S/C25H21F3N2O2/c26-25(27,28)20-8-4-7-18(12-20)21-9-10-22-19-11-16(14-30(22)24(21)32)13-29(15-19)23(31)17-5-2-1-3-6-17/h1-10,12,16,19H,11,13-15H2/t16-,19-/m1/s1. The maximum absolute atomic E-state index is 13.2. The molecule has 2 aliphatic heterocycles. The van der Waals surface area contributed by atoms with Crippen LogP contribution in [0, 0.1) is 5.92 Å². The number of rotatable bonds is 2. The van der Waals surface area contributed by atoms with Gasteiger partial charge < -0.3 is 9.47 Å². The number of aromatic nitrogens is 1. The molecule has 4 nitrogen and oxygen atoms in total. The maximum Gasteiger partial charge on any atom is 0.416 e. The summed E-state index contributed by atoms with van der Waals surface area (Å²) in [6.45, 7) is 1.53. The number of alkyl halides is 3. The highest BCUT2D eigenvalue weighted by molar-refractivity contribution is 5.94. The first-order valence-electron chi connectivity index (χ1n) is 10.6. The van der Waals surface area contributed by atoms with Crippen LogP contribution in [0.25, 0.3) is 11.1 Å². The van der Waals surface area contributed by atoms with Gasteiger partial charge in [0.1, 0.15) is 0 Å². The summed E-state index contributed by atoms with van der Waals surface area (Å²) >= 11 is 0. The second-order valence-electron chi connectivity index (χ2n) is 8.54. The van der Waals surface area contributed by atoms with Gasteiger partial charge in [0.2, 0.25) is 0 Å². The molecule has 1 amide bonds. The van der Waals surface area contributed by atoms with Crippen molar-refractivity contribution in [3.63, 3.8) is 0 Å². The average Bonchev–Trinajstić information content (AvgIpc) is 2.79. The number of halogens is 3. The van der Waals surface area contributed by atoms with Crippen LogP contribution in [-0.4, -0.2) is 28.5 Å². The highest BCUT2D eigenvalue weighted by Crippen LogP contribution is 2.37. The number of fused-ring (bicyclic) bond motifs is 4. The van der Waals surface area contributed by atoms with E-state index in [4.69, 9.17) is 0 Å². The minimum atomic E-state index is -4.47. The van der Waals surface area contributed by atoms with Gasteiger partial charge in [-0.15, -0.1) is 0 Å². The van der Waals surface area contributed by atoms with Gasteiger partial charge >= 0.3 is 6.18 Å². The second-order valence-corrected chi connectivity index (χ2v) is 8.54. The van der Waals surface area contributed by atoms with Crippen LogP contribution in [0.2, 0.25) is 0 Å². The van der Waals surface area contributed by atoms with Crippen molar-refractivity contribution in [2.75, 3.05) is 13.1 Å². The number of piperidine rings is 1. The van der Waals surface area contributed by atoms with Gasteiger partial charge in [-0.1, -0.05) is 30.3 Å². The van der Waals surface area contributed by atoms with Crippen molar-refractivity contribution in [2.45, 2.75) is 25.1 Å². The summed E-state index contributed by atoms with van der Waals surface area (Å²) in [4.78, 5) is 28.0. The van der Waals surface area contributed by atoms with E-state index in [1.54, 1.807) is 22.8 Å². The predicted molar refractivity (Wildman–Crippen MR) is 114 cm³/mol. The number of carbonyl (C=O) groups excluding carboxylic acids is 1. The first kappa shape index (κ1) is 20.5. The number of amides is 1. The maximum atomic E-state index is 13.2. The molecule has 0 saturated carbocycles. The lowest BCUT2D eigenvalue weighted by Gasteiger charge is -2.43. The van der Waals surface area contributed by atoms with Crippen molar-refractivity contribution < 1.29 is 18.0 Å². The number of benzene rings is 2. The van der Waals surface area contributed by atoms with Gasteiger partial charge in [0.25, 0.3) is 11.5 Å². The molecule has 2 atom stereocenters. The van der Waals surface area contributed by atoms with E-state index >= 15 is 0 Å². The lowest BCUT2D eigenvalue weighted by molar-refractivity contribution is -0.137. The van der Waals surface area contributed by atoms with Gasteiger partial charge in [0, 0.05) is 42.4 Å². The molecular formula is C25H21F3N2O2. The van der Waals surface area contributed by atoms with E-state index in [1.165, 1.54) is 12.1 Å². The number of carbonyl (C=O) groups is 1. The van der Waals surface area contributed by atoms with Gasteiger partial charge in [-0.3, -0.25) is 9.59 Å². The molecule has 7 heteroatoms. The van der Waals surface area contributed by atoms with Crippen molar-refractivity contribution in [2.24, 2.45) is 5.92 Å². The molecule has 0 N–H and O–H groups in total. The fourth-order valence-corrected chi connectivity index (χ4v) is 4.96. The molecule has 164 valence electrons. The SMILES string of the molecule is O=C(c1ccccc1)N1C[C@H]2C[C@H](C1)c1ccc(-c3cccc(C(F)(F)F)c3)c(=O)n1C2. The van der Waals surface area contributed by atoms with Crippen LogP contribution in [-0.2, 0) is 12.7 Å². The van der Waals surface area contributed by atoms with E-state index in [0.717, 1.165) is 24.2 Å². The molecular weight excluding hydrogens is 417 g/mol. The smallest absolute Gasteiger partial charge is 0.338 e. The molecule has 2 bridgehead atoms. The van der Waals surface area contributed by atoms with Gasteiger partial charge in [-0.2, -0.15) is 13.2 Å². The van der Waals surface area contributed by atoms with Crippen molar-refractivity contribution in [3.05, 3.63) is 93.9 Å². The van der Waals surface area contributed by atoms with E-state index in [-0.39, 0.29) is 34.4 Å². The van der Waals surface area contributed by atoms with Crippen molar-refractivity contribution in [1.29, 1.82) is 0 Å². The summed E-state index contributed by atoms with van der Waals surface area (Å²) in [7, 11) is 0. The quantitative estimate of drug-likeness (QED) is 0.577. The van der Waals surface area contributed by atoms with Crippen molar-refractivity contribution >= 4 is 5.91 Å². The monoisotopic (exact) mass is 438 g/mol. The molecule has 2 aromatic carbocycles. The van der Waals surface area contributed by atoms with Crippen LogP contribution in [0.3, 0.4) is 0 Å². The molecule has 2 aliphatic rings. The van der Waals surface area contributed by atoms with E-state index < -0.39 is 11.7 Å². The van der Waals surface area contributed by atoms with Crippen LogP contribution in [0.4, 0.5) is 13.2 Å². The van der Waals surface area contributed by atoms with Crippen molar-refractivity contribution in [3.8, 4) is 11.1 Å². The van der Waals surface area contributed by atoms with Crippen LogP contribution < -0.4 is 5.56 Å². The number of nitrogens with zero attached hydrogens (tertiary/aromatic N) is 2. The Kier molecular flexibility index (Phi) is 4.92. The minimum Gasteiger partial charge on any atom is -0.338 e. The summed E-state index contributed by atoms with van der Waals surface area (Å²) in [5.41, 5.74) is 0.953. The Hall–Kier alpha value is -3.35. The minimum absolute atomic E-state index is 0.0170. The van der Waals surface area contributed by atoms with Gasteiger partial charge in [-0.05, 0) is 54.3 Å². The number of pyridine rings is 1. The zero-order chi connectivity index (χ0) is 22.5. The Balaban J connectivity index is 1.47. The van der Waals surface area contributed by atoms with E-state index in [0.29, 0.717) is 25.2 Å². The van der Waals surface area contributed by atoms with Gasteiger partial charge in [0.15, 0.2) is 0 Å². The highest BCUT2D eigenvalue weighted by Gasteiger charge is 2.37. The third-order valence-corrected chi connectivity index (χ3v) is 6.41. The average molecular weight is 438 g/mol. The molecule has 3 heterocycles. The van der Waals surface area contributed by atoms with Gasteiger partial charge in [0.05, 0.1) is 5.56 Å². The van der Waals surface area contributed by atoms with Crippen LogP contribution >= 0.6 is 0 Å². The van der Waals surface area contributed by atoms with Crippen LogP contribution in [0.1, 0.15) is 34.0 Å². The highest BCUT2D eigenvalue weighted by atomic mass is 19.4. The lowest BCUT2D eigenvalue weighted by atomic mass is 9.82. The molecule has 0 radical (unpaired) electrons. The first-order valence-corrected chi connectivity index (χ1v) is 10.6. The predicted octanol–water partition coefficient (Wildman–Crippen LogP) is 4.79. The summed E-state index contributed by atoms with van der Waals surface area (Å²) in [6, 6.07) is 17.5. The summed E-state index contributed by atoms with van der Waals surface area (Å²) in [5.74, 6) is 0.137. The Morgan fingerprint density at radius 3 is 2.44 bits per heavy atom. The number of likely N-dealkylation sites (tertiary alicyclic amines) is 1. The topological polar surface area (TPSA) is 42.3 Å². The molecule has 1 aromatic heterocycles. The third-order valence-electron chi connectivity index (χ3n) is 6.41. The Morgan fingerprint density at radius 2 is 1.69 bits per heavy atom.